The Hall–Kier alpha value is -7.34. The summed E-state index contributed by atoms with van der Waals surface area (Å²) >= 11 is 0. The molecule has 0 aliphatic rings. The molecule has 109 heavy (non-hydrogen) atoms. The zero-order valence-electron chi connectivity index (χ0n) is 64.7. The zero-order chi connectivity index (χ0) is 77.1. The third-order valence-electron chi connectivity index (χ3n) is 17.8. The van der Waals surface area contributed by atoms with Crippen molar-refractivity contribution in [2.45, 2.75) is 243 Å². The molecule has 0 radical (unpaired) electrons. The predicted molar refractivity (Wildman–Crippen MR) is 433 cm³/mol. The number of hydrogen-bond acceptors (Lipinski definition) is 17. The van der Waals surface area contributed by atoms with E-state index in [2.05, 4.69) is 91.8 Å². The molecule has 0 saturated carbocycles. The number of methoxy groups -OCH3 is 6. The number of hydrogen-bond donors (Lipinski definition) is 2. The molecule has 21 heteroatoms. The Morgan fingerprint density at radius 2 is 0.798 bits per heavy atom. The molecule has 0 bridgehead atoms. The normalized spacial score (nSPS) is 11.7. The van der Waals surface area contributed by atoms with Crippen LogP contribution >= 0.6 is 0 Å². The van der Waals surface area contributed by atoms with Crippen molar-refractivity contribution < 1.29 is 98.9 Å². The number of rotatable bonds is 38. The molecular weight excluding hydrogens is 1400 g/mol. The lowest BCUT2D eigenvalue weighted by atomic mass is 9.82. The number of halogens is 4. The summed E-state index contributed by atoms with van der Waals surface area (Å²) in [4.78, 5) is 24.2. The smallest absolute Gasteiger partial charge is 0.404 e. The Morgan fingerprint density at radius 3 is 1.16 bits per heavy atom. The van der Waals surface area contributed by atoms with E-state index in [-0.39, 0.29) is 101 Å². The maximum atomic E-state index is 13.7. The first-order chi connectivity index (χ1) is 48.9. The maximum Gasteiger partial charge on any atom is 0.404 e. The van der Waals surface area contributed by atoms with Crippen LogP contribution in [0.5, 0.6) is 34.5 Å². The van der Waals surface area contributed by atoms with Crippen LogP contribution in [0.1, 0.15) is 237 Å². The Morgan fingerprint density at radius 1 is 0.431 bits per heavy atom. The SMILES string of the molecule is C.C.C.C.C.C.CCC(C)(C(=O)OCCOc1c(COC)cc(F)cc1COC)C(F)(F)F.CCC(C)(C)C(=O)Oc1c(COC)cc(C)cc1COC.CCC(C)(C)c1cccc(OCCOc2c(CO)cc(C(C)C)cc2CO)c1.CCC(C)c1cccc(OCCOc2c(COC)cc(C)cc2COC)c1. The summed E-state index contributed by atoms with van der Waals surface area (Å²) < 4.78 is 124. The number of aliphatic hydroxyl groups is 2. The van der Waals surface area contributed by atoms with Crippen LogP contribution < -0.4 is 28.4 Å². The first kappa shape index (κ1) is 108. The molecule has 6 aromatic carbocycles. The van der Waals surface area contributed by atoms with Crippen molar-refractivity contribution in [2.24, 2.45) is 10.8 Å². The number of aliphatic hydroxyl groups excluding tert-OH is 2. The third-order valence-corrected chi connectivity index (χ3v) is 17.8. The second-order valence-electron chi connectivity index (χ2n) is 27.0. The highest BCUT2D eigenvalue weighted by Crippen LogP contribution is 2.42. The van der Waals surface area contributed by atoms with Crippen LogP contribution in [0.3, 0.4) is 0 Å². The van der Waals surface area contributed by atoms with Crippen LogP contribution in [0.4, 0.5) is 17.6 Å². The van der Waals surface area contributed by atoms with E-state index in [0.29, 0.717) is 98.4 Å². The van der Waals surface area contributed by atoms with Gasteiger partial charge in [-0.3, -0.25) is 9.59 Å². The Bertz CT molecular complexity index is 3410. The van der Waals surface area contributed by atoms with E-state index in [1.54, 1.807) is 28.4 Å². The molecule has 0 aliphatic heterocycles. The fourth-order valence-electron chi connectivity index (χ4n) is 10.4. The lowest BCUT2D eigenvalue weighted by Crippen LogP contribution is -2.43. The lowest BCUT2D eigenvalue weighted by Gasteiger charge is -2.28. The fourth-order valence-corrected chi connectivity index (χ4v) is 10.4. The lowest BCUT2D eigenvalue weighted by molar-refractivity contribution is -0.231. The van der Waals surface area contributed by atoms with Gasteiger partial charge in [-0.05, 0) is 143 Å². The standard InChI is InChI=1S/C24H34O4.C23H32O4.C18H24F4O5.C17H26O4.6CH4/c1-6-24(4,5)21-8-7-9-22(14-21)27-10-11-28-23-19(15-25)12-18(17(2)3)13-20(23)16-26;1-6-18(3)19-8-7-9-22(14-19)26-10-11-27-23-20(15-24-4)12-17(2)13-21(23)16-25-5;1-5-17(2,18(20,21)22)16(23)27-7-6-26-15-12(10-24-3)8-14(19)9-13(15)11-25-4;1-7-17(3,4)16(18)21-15-13(10-19-5)8-12(2)9-14(15)11-20-6;;;;;;/h7-9,12-14,17,25-26H,6,10-11,15-16H2,1-5H3;7-9,12-14,18H,6,10-11,15-16H2,1-5H3;8-9H,5-7,10-11H2,1-4H3;8-9H,7,10-11H2,1-6H3;6*1H4. The molecule has 622 valence electrons. The van der Waals surface area contributed by atoms with Gasteiger partial charge in [0.05, 0.1) is 58.3 Å². The van der Waals surface area contributed by atoms with Gasteiger partial charge in [0.25, 0.3) is 0 Å². The first-order valence-electron chi connectivity index (χ1n) is 35.0. The molecule has 0 aromatic heterocycles. The summed E-state index contributed by atoms with van der Waals surface area (Å²) in [5.74, 6) is 2.69. The number of esters is 2. The molecule has 2 unspecified atom stereocenters. The average Bonchev–Trinajstić information content (AvgIpc) is 0.808. The molecule has 2 atom stereocenters. The number of carbonyl (C=O) groups excluding carboxylic acids is 2. The van der Waals surface area contributed by atoms with Gasteiger partial charge in [0.2, 0.25) is 0 Å². The molecule has 0 fully saturated rings. The van der Waals surface area contributed by atoms with Gasteiger partial charge < -0.3 is 71.8 Å². The van der Waals surface area contributed by atoms with Crippen molar-refractivity contribution in [3.05, 3.63) is 175 Å². The minimum atomic E-state index is -4.71. The molecule has 0 spiro atoms. The molecule has 0 aliphatic carbocycles. The van der Waals surface area contributed by atoms with E-state index in [0.717, 1.165) is 76.8 Å². The van der Waals surface area contributed by atoms with E-state index in [4.69, 9.17) is 61.6 Å². The number of ether oxygens (including phenoxy) is 13. The molecule has 2 N–H and O–H groups in total. The van der Waals surface area contributed by atoms with E-state index >= 15 is 0 Å². The molecule has 6 rings (SSSR count). The van der Waals surface area contributed by atoms with Gasteiger partial charge in [0.1, 0.15) is 80.0 Å². The second kappa shape index (κ2) is 54.3. The highest BCUT2D eigenvalue weighted by molar-refractivity contribution is 5.79. The minimum Gasteiger partial charge on any atom is -0.490 e. The summed E-state index contributed by atoms with van der Waals surface area (Å²) in [5, 5.41) is 19.4. The largest absolute Gasteiger partial charge is 0.490 e. The highest BCUT2D eigenvalue weighted by atomic mass is 19.4. The highest BCUT2D eigenvalue weighted by Gasteiger charge is 2.56. The van der Waals surface area contributed by atoms with Crippen LogP contribution in [0.2, 0.25) is 0 Å². The molecule has 0 saturated heterocycles. The molecule has 6 aromatic rings. The summed E-state index contributed by atoms with van der Waals surface area (Å²) in [6.07, 6.45) is -2.26. The van der Waals surface area contributed by atoms with Crippen molar-refractivity contribution in [3.8, 4) is 34.5 Å². The summed E-state index contributed by atoms with van der Waals surface area (Å²) in [5.41, 5.74) is 8.90. The van der Waals surface area contributed by atoms with Gasteiger partial charge >= 0.3 is 18.1 Å². The van der Waals surface area contributed by atoms with E-state index in [1.165, 1.54) is 50.0 Å². The van der Waals surface area contributed by atoms with Crippen LogP contribution in [0, 0.1) is 30.5 Å². The third kappa shape index (κ3) is 34.0. The Kier molecular flexibility index (Phi) is 53.8. The van der Waals surface area contributed by atoms with Crippen LogP contribution in [-0.2, 0) is 101 Å². The number of carbonyl (C=O) groups is 2. The van der Waals surface area contributed by atoms with Crippen molar-refractivity contribution >= 4 is 11.9 Å². The first-order valence-corrected chi connectivity index (χ1v) is 35.0. The summed E-state index contributed by atoms with van der Waals surface area (Å²) in [7, 11) is 9.48. The van der Waals surface area contributed by atoms with Gasteiger partial charge in [-0.25, -0.2) is 4.39 Å². The molecule has 0 amide bonds. The van der Waals surface area contributed by atoms with Crippen molar-refractivity contribution in [2.75, 3.05) is 82.3 Å². The van der Waals surface area contributed by atoms with Gasteiger partial charge in [0, 0.05) is 87.2 Å². The van der Waals surface area contributed by atoms with Gasteiger partial charge in [-0.2, -0.15) is 13.2 Å². The maximum absolute atomic E-state index is 13.7. The van der Waals surface area contributed by atoms with Gasteiger partial charge in [-0.15, -0.1) is 0 Å². The van der Waals surface area contributed by atoms with E-state index in [1.807, 2.05) is 76.2 Å². The average molecular weight is 1550 g/mol. The minimum absolute atomic E-state index is 0. The fraction of sp³-hybridized carbons (Fsp3) is 0.568. The number of benzene rings is 6. The topological polar surface area (TPSA) is 195 Å². The Balaban J connectivity index is -0.000000665. The molecule has 17 nitrogen and oxygen atoms in total. The number of alkyl halides is 3. The van der Waals surface area contributed by atoms with E-state index < -0.39 is 35.2 Å². The van der Waals surface area contributed by atoms with Crippen molar-refractivity contribution in [3.63, 3.8) is 0 Å². The quantitative estimate of drug-likeness (QED) is 0.0161. The zero-order valence-corrected chi connectivity index (χ0v) is 64.7. The van der Waals surface area contributed by atoms with Crippen molar-refractivity contribution in [1.29, 1.82) is 0 Å². The predicted octanol–water partition coefficient (Wildman–Crippen LogP) is 21.7. The van der Waals surface area contributed by atoms with Gasteiger partial charge in [-0.1, -0.05) is 167 Å². The summed E-state index contributed by atoms with van der Waals surface area (Å²) in [6.45, 7) is 29.8. The monoisotopic (exact) mass is 1550 g/mol. The molecule has 0 heterocycles. The molecular formula is C88H140F4O17. The summed E-state index contributed by atoms with van der Waals surface area (Å²) in [6, 6.07) is 30.9. The Labute approximate surface area is 654 Å². The van der Waals surface area contributed by atoms with Crippen molar-refractivity contribution in [1.82, 2.24) is 0 Å². The number of aryl methyl sites for hydroxylation is 2. The van der Waals surface area contributed by atoms with E-state index in [9.17, 15) is 37.4 Å². The van der Waals surface area contributed by atoms with Crippen LogP contribution in [-0.4, -0.2) is 111 Å². The van der Waals surface area contributed by atoms with Crippen LogP contribution in [0.15, 0.2) is 97.1 Å². The van der Waals surface area contributed by atoms with Gasteiger partial charge in [0.15, 0.2) is 5.41 Å². The second-order valence-corrected chi connectivity index (χ2v) is 27.0. The van der Waals surface area contributed by atoms with Crippen LogP contribution in [0.25, 0.3) is 0 Å².